The molecule has 1 fully saturated rings. The van der Waals surface area contributed by atoms with Gasteiger partial charge in [-0.15, -0.1) is 0 Å². The molecule has 0 spiro atoms. The fourth-order valence-electron chi connectivity index (χ4n) is 2.18. The van der Waals surface area contributed by atoms with E-state index in [0.29, 0.717) is 28.7 Å². The second-order valence-corrected chi connectivity index (χ2v) is 5.53. The first-order valence-electron chi connectivity index (χ1n) is 6.48. The molecule has 0 bridgehead atoms. The molecule has 1 heterocycles. The number of piperidine rings is 1. The van der Waals surface area contributed by atoms with E-state index in [4.69, 9.17) is 23.2 Å². The van der Waals surface area contributed by atoms with E-state index in [9.17, 15) is 10.1 Å². The number of rotatable bonds is 2. The molecule has 1 aromatic rings. The molecule has 0 atom stereocenters. The first-order chi connectivity index (χ1) is 9.61. The van der Waals surface area contributed by atoms with E-state index in [1.165, 1.54) is 6.08 Å². The number of likely N-dealkylation sites (tertiary alicyclic amines) is 1. The fraction of sp³-hybridized carbons (Fsp3) is 0.333. The van der Waals surface area contributed by atoms with Gasteiger partial charge in [0.15, 0.2) is 0 Å². The summed E-state index contributed by atoms with van der Waals surface area (Å²) in [4.78, 5) is 14.0. The molecule has 0 radical (unpaired) electrons. The minimum atomic E-state index is -0.224. The van der Waals surface area contributed by atoms with E-state index in [1.54, 1.807) is 23.1 Å². The summed E-state index contributed by atoms with van der Waals surface area (Å²) < 4.78 is 0. The van der Waals surface area contributed by atoms with Crippen molar-refractivity contribution < 1.29 is 4.79 Å². The molecule has 3 nitrogen and oxygen atoms in total. The molecular weight excluding hydrogens is 295 g/mol. The highest BCUT2D eigenvalue weighted by molar-refractivity contribution is 6.35. The summed E-state index contributed by atoms with van der Waals surface area (Å²) in [5.41, 5.74) is 0.731. The van der Waals surface area contributed by atoms with Crippen LogP contribution in [0, 0.1) is 11.3 Å². The van der Waals surface area contributed by atoms with Crippen molar-refractivity contribution in [2.75, 3.05) is 13.1 Å². The minimum absolute atomic E-state index is 0.108. The number of hydrogen-bond acceptors (Lipinski definition) is 2. The molecule has 1 aliphatic rings. The number of amides is 1. The average Bonchev–Trinajstić information content (AvgIpc) is 2.47. The number of benzene rings is 1. The van der Waals surface area contributed by atoms with Gasteiger partial charge in [0.2, 0.25) is 0 Å². The second-order valence-electron chi connectivity index (χ2n) is 4.69. The van der Waals surface area contributed by atoms with Gasteiger partial charge in [-0.1, -0.05) is 29.3 Å². The lowest BCUT2D eigenvalue weighted by atomic mass is 10.1. The van der Waals surface area contributed by atoms with Crippen LogP contribution < -0.4 is 0 Å². The third-order valence-corrected chi connectivity index (χ3v) is 3.82. The van der Waals surface area contributed by atoms with Crippen molar-refractivity contribution in [2.45, 2.75) is 19.3 Å². The van der Waals surface area contributed by atoms with Crippen LogP contribution in [0.25, 0.3) is 6.08 Å². The Morgan fingerprint density at radius 3 is 2.55 bits per heavy atom. The summed E-state index contributed by atoms with van der Waals surface area (Å²) in [6.07, 6.45) is 4.65. The second kappa shape index (κ2) is 6.78. The monoisotopic (exact) mass is 308 g/mol. The van der Waals surface area contributed by atoms with Crippen molar-refractivity contribution in [3.05, 3.63) is 39.4 Å². The summed E-state index contributed by atoms with van der Waals surface area (Å²) in [5, 5.41) is 10.1. The van der Waals surface area contributed by atoms with Gasteiger partial charge >= 0.3 is 0 Å². The van der Waals surface area contributed by atoms with Crippen LogP contribution in [0.3, 0.4) is 0 Å². The summed E-state index contributed by atoms with van der Waals surface area (Å²) in [7, 11) is 0. The van der Waals surface area contributed by atoms with Crippen LogP contribution in [0.2, 0.25) is 10.0 Å². The number of carbonyl (C=O) groups is 1. The number of nitrogens with zero attached hydrogens (tertiary/aromatic N) is 2. The smallest absolute Gasteiger partial charge is 0.264 e. The SMILES string of the molecule is N#C/C(=C/c1ccc(Cl)cc1Cl)C(=O)N1CCCCC1. The molecule has 1 aromatic carbocycles. The Bertz CT molecular complexity index is 584. The largest absolute Gasteiger partial charge is 0.338 e. The Kier molecular flexibility index (Phi) is 5.05. The number of hydrogen-bond donors (Lipinski definition) is 0. The molecule has 0 saturated carbocycles. The van der Waals surface area contributed by atoms with Crippen LogP contribution in [0.4, 0.5) is 0 Å². The zero-order chi connectivity index (χ0) is 14.5. The van der Waals surface area contributed by atoms with Gasteiger partial charge in [0.25, 0.3) is 5.91 Å². The summed E-state index contributed by atoms with van der Waals surface area (Å²) in [5.74, 6) is -0.224. The van der Waals surface area contributed by atoms with E-state index in [2.05, 4.69) is 0 Å². The van der Waals surface area contributed by atoms with Gasteiger partial charge in [0.05, 0.1) is 0 Å². The number of nitriles is 1. The molecule has 20 heavy (non-hydrogen) atoms. The zero-order valence-electron chi connectivity index (χ0n) is 10.9. The zero-order valence-corrected chi connectivity index (χ0v) is 12.4. The predicted octanol–water partition coefficient (Wildman–Crippen LogP) is 3.91. The summed E-state index contributed by atoms with van der Waals surface area (Å²) in [6, 6.07) is 6.94. The first kappa shape index (κ1) is 14.9. The van der Waals surface area contributed by atoms with E-state index in [-0.39, 0.29) is 11.5 Å². The molecule has 1 saturated heterocycles. The Labute approximate surface area is 128 Å². The van der Waals surface area contributed by atoms with Gasteiger partial charge in [0, 0.05) is 23.1 Å². The molecule has 2 rings (SSSR count). The Balaban J connectivity index is 2.24. The van der Waals surface area contributed by atoms with Crippen LogP contribution in [0.5, 0.6) is 0 Å². The lowest BCUT2D eigenvalue weighted by Gasteiger charge is -2.26. The fourth-order valence-corrected chi connectivity index (χ4v) is 2.65. The summed E-state index contributed by atoms with van der Waals surface area (Å²) >= 11 is 11.9. The highest BCUT2D eigenvalue weighted by atomic mass is 35.5. The van der Waals surface area contributed by atoms with Crippen molar-refractivity contribution in [1.82, 2.24) is 4.90 Å². The minimum Gasteiger partial charge on any atom is -0.338 e. The third-order valence-electron chi connectivity index (χ3n) is 3.26. The molecule has 0 aromatic heterocycles. The lowest BCUT2D eigenvalue weighted by molar-refractivity contribution is -0.127. The maximum atomic E-state index is 12.3. The van der Waals surface area contributed by atoms with Gasteiger partial charge in [-0.05, 0) is 43.0 Å². The Morgan fingerprint density at radius 2 is 1.95 bits per heavy atom. The molecule has 104 valence electrons. The van der Waals surface area contributed by atoms with Crippen LogP contribution in [-0.2, 0) is 4.79 Å². The highest BCUT2D eigenvalue weighted by Gasteiger charge is 2.20. The number of carbonyl (C=O) groups excluding carboxylic acids is 1. The van der Waals surface area contributed by atoms with Crippen LogP contribution in [0.15, 0.2) is 23.8 Å². The van der Waals surface area contributed by atoms with Crippen LogP contribution in [-0.4, -0.2) is 23.9 Å². The molecule has 1 amide bonds. The van der Waals surface area contributed by atoms with Gasteiger partial charge in [-0.3, -0.25) is 4.79 Å². The van der Waals surface area contributed by atoms with E-state index in [1.807, 2.05) is 6.07 Å². The quantitative estimate of drug-likeness (QED) is 0.614. The molecule has 0 aliphatic carbocycles. The number of halogens is 2. The van der Waals surface area contributed by atoms with Crippen molar-refractivity contribution in [3.8, 4) is 6.07 Å². The van der Waals surface area contributed by atoms with Crippen molar-refractivity contribution in [1.29, 1.82) is 5.26 Å². The Morgan fingerprint density at radius 1 is 1.25 bits per heavy atom. The summed E-state index contributed by atoms with van der Waals surface area (Å²) in [6.45, 7) is 1.43. The normalized spacial score (nSPS) is 15.8. The lowest BCUT2D eigenvalue weighted by Crippen LogP contribution is -2.36. The molecular formula is C15H14Cl2N2O. The van der Waals surface area contributed by atoms with Gasteiger partial charge < -0.3 is 4.90 Å². The molecule has 0 unspecified atom stereocenters. The first-order valence-corrected chi connectivity index (χ1v) is 7.23. The van der Waals surface area contributed by atoms with Crippen molar-refractivity contribution in [3.63, 3.8) is 0 Å². The molecule has 5 heteroatoms. The topological polar surface area (TPSA) is 44.1 Å². The van der Waals surface area contributed by atoms with Gasteiger partial charge in [-0.2, -0.15) is 5.26 Å². The van der Waals surface area contributed by atoms with Crippen LogP contribution >= 0.6 is 23.2 Å². The maximum Gasteiger partial charge on any atom is 0.264 e. The van der Waals surface area contributed by atoms with Gasteiger partial charge in [0.1, 0.15) is 11.6 Å². The molecule has 0 N–H and O–H groups in total. The predicted molar refractivity (Wildman–Crippen MR) is 80.5 cm³/mol. The van der Waals surface area contributed by atoms with Gasteiger partial charge in [-0.25, -0.2) is 0 Å². The Hall–Kier alpha value is -1.50. The standard InChI is InChI=1S/C15H14Cl2N2O/c16-13-5-4-11(14(17)9-13)8-12(10-18)15(20)19-6-2-1-3-7-19/h4-5,8-9H,1-3,6-7H2/b12-8-. The average molecular weight is 309 g/mol. The maximum absolute atomic E-state index is 12.3. The van der Waals surface area contributed by atoms with E-state index >= 15 is 0 Å². The van der Waals surface area contributed by atoms with E-state index < -0.39 is 0 Å². The van der Waals surface area contributed by atoms with Crippen molar-refractivity contribution >= 4 is 35.2 Å². The van der Waals surface area contributed by atoms with Crippen LogP contribution in [0.1, 0.15) is 24.8 Å². The highest BCUT2D eigenvalue weighted by Crippen LogP contribution is 2.23. The van der Waals surface area contributed by atoms with Crippen molar-refractivity contribution in [2.24, 2.45) is 0 Å². The third kappa shape index (κ3) is 3.53. The van der Waals surface area contributed by atoms with E-state index in [0.717, 1.165) is 19.3 Å². The molecule has 1 aliphatic heterocycles.